The van der Waals surface area contributed by atoms with E-state index in [9.17, 15) is 4.79 Å². The Kier molecular flexibility index (Phi) is 4.97. The van der Waals surface area contributed by atoms with Crippen molar-refractivity contribution in [1.82, 2.24) is 4.98 Å². The van der Waals surface area contributed by atoms with Crippen LogP contribution in [0.2, 0.25) is 0 Å². The highest BCUT2D eigenvalue weighted by Gasteiger charge is 2.12. The maximum absolute atomic E-state index is 11.5. The number of hydrogen-bond donors (Lipinski definition) is 1. The molecule has 0 saturated heterocycles. The van der Waals surface area contributed by atoms with Gasteiger partial charge in [-0.2, -0.15) is 0 Å². The van der Waals surface area contributed by atoms with Gasteiger partial charge in [-0.15, -0.1) is 11.3 Å². The second-order valence-corrected chi connectivity index (χ2v) is 5.50. The fourth-order valence-electron chi connectivity index (χ4n) is 1.52. The van der Waals surface area contributed by atoms with E-state index in [0.717, 1.165) is 10.2 Å². The molecular formula is C13H13BrN2O3S. The zero-order valence-corrected chi connectivity index (χ0v) is 13.4. The van der Waals surface area contributed by atoms with Gasteiger partial charge in [0.15, 0.2) is 10.8 Å². The zero-order chi connectivity index (χ0) is 14.5. The molecule has 0 radical (unpaired) electrons. The molecule has 0 aliphatic rings. The first-order chi connectivity index (χ1) is 9.63. The van der Waals surface area contributed by atoms with Gasteiger partial charge in [-0.3, -0.25) is 0 Å². The second kappa shape index (κ2) is 6.71. The maximum atomic E-state index is 11.5. The first-order valence-corrected chi connectivity index (χ1v) is 7.54. The molecule has 5 nitrogen and oxygen atoms in total. The fraction of sp³-hybridized carbons (Fsp3) is 0.231. The first-order valence-electron chi connectivity index (χ1n) is 5.87. The highest BCUT2D eigenvalue weighted by Crippen LogP contribution is 2.31. The number of nitrogens with one attached hydrogen (secondary N) is 1. The van der Waals surface area contributed by atoms with E-state index in [2.05, 4.69) is 26.2 Å². The lowest BCUT2D eigenvalue weighted by Gasteiger charge is -2.09. The van der Waals surface area contributed by atoms with Crippen LogP contribution < -0.4 is 10.1 Å². The lowest BCUT2D eigenvalue weighted by atomic mass is 10.3. The van der Waals surface area contributed by atoms with Gasteiger partial charge in [-0.05, 0) is 25.1 Å². The standard InChI is InChI=1S/C13H13BrN2O3S/c1-3-19-12(17)10-7-20-13(16-10)15-9-6-8(14)4-5-11(9)18-2/h4-7H,3H2,1-2H3,(H,15,16). The molecule has 20 heavy (non-hydrogen) atoms. The van der Waals surface area contributed by atoms with Crippen molar-refractivity contribution in [3.8, 4) is 5.75 Å². The van der Waals surface area contributed by atoms with Crippen LogP contribution in [0.4, 0.5) is 10.8 Å². The summed E-state index contributed by atoms with van der Waals surface area (Å²) < 4.78 is 11.1. The van der Waals surface area contributed by atoms with E-state index in [4.69, 9.17) is 9.47 Å². The minimum atomic E-state index is -0.419. The summed E-state index contributed by atoms with van der Waals surface area (Å²) in [7, 11) is 1.60. The monoisotopic (exact) mass is 356 g/mol. The van der Waals surface area contributed by atoms with Crippen LogP contribution in [-0.4, -0.2) is 24.7 Å². The maximum Gasteiger partial charge on any atom is 0.357 e. The normalized spacial score (nSPS) is 10.2. The highest BCUT2D eigenvalue weighted by atomic mass is 79.9. The Morgan fingerprint density at radius 1 is 1.50 bits per heavy atom. The number of hydrogen-bond acceptors (Lipinski definition) is 6. The number of benzene rings is 1. The van der Waals surface area contributed by atoms with Crippen LogP contribution in [0, 0.1) is 0 Å². The van der Waals surface area contributed by atoms with E-state index in [0.29, 0.717) is 23.2 Å². The minimum absolute atomic E-state index is 0.299. The van der Waals surface area contributed by atoms with Crippen LogP contribution in [0.5, 0.6) is 5.75 Å². The molecule has 0 amide bonds. The summed E-state index contributed by atoms with van der Waals surface area (Å²) in [5.41, 5.74) is 1.07. The molecule has 106 valence electrons. The molecule has 1 N–H and O–H groups in total. The molecule has 0 atom stereocenters. The van der Waals surface area contributed by atoms with Gasteiger partial charge in [-0.25, -0.2) is 9.78 Å². The van der Waals surface area contributed by atoms with Crippen LogP contribution in [-0.2, 0) is 4.74 Å². The average Bonchev–Trinajstić information content (AvgIpc) is 2.88. The molecular weight excluding hydrogens is 344 g/mol. The number of esters is 1. The summed E-state index contributed by atoms with van der Waals surface area (Å²) in [6.07, 6.45) is 0. The highest BCUT2D eigenvalue weighted by molar-refractivity contribution is 9.10. The summed E-state index contributed by atoms with van der Waals surface area (Å²) >= 11 is 4.73. The van der Waals surface area contributed by atoms with Crippen LogP contribution in [0.15, 0.2) is 28.1 Å². The lowest BCUT2D eigenvalue weighted by molar-refractivity contribution is 0.0520. The zero-order valence-electron chi connectivity index (χ0n) is 11.0. The summed E-state index contributed by atoms with van der Waals surface area (Å²) in [6, 6.07) is 5.60. The lowest BCUT2D eigenvalue weighted by Crippen LogP contribution is -2.05. The van der Waals surface area contributed by atoms with Crippen LogP contribution in [0.3, 0.4) is 0 Å². The number of rotatable bonds is 5. The third-order valence-electron chi connectivity index (χ3n) is 2.39. The van der Waals surface area contributed by atoms with Gasteiger partial charge in [0.25, 0.3) is 0 Å². The Balaban J connectivity index is 2.18. The van der Waals surface area contributed by atoms with Crippen molar-refractivity contribution < 1.29 is 14.3 Å². The number of nitrogens with zero attached hydrogens (tertiary/aromatic N) is 1. The van der Waals surface area contributed by atoms with Gasteiger partial charge < -0.3 is 14.8 Å². The Morgan fingerprint density at radius 3 is 3.00 bits per heavy atom. The van der Waals surface area contributed by atoms with Gasteiger partial charge in [0, 0.05) is 9.85 Å². The topological polar surface area (TPSA) is 60.5 Å². The van der Waals surface area contributed by atoms with E-state index in [-0.39, 0.29) is 0 Å². The molecule has 0 unspecified atom stereocenters. The van der Waals surface area contributed by atoms with Gasteiger partial charge in [0.2, 0.25) is 0 Å². The molecule has 0 aliphatic carbocycles. The minimum Gasteiger partial charge on any atom is -0.495 e. The Hall–Kier alpha value is -1.60. The molecule has 2 rings (SSSR count). The van der Waals surface area contributed by atoms with Crippen molar-refractivity contribution in [2.45, 2.75) is 6.92 Å². The van der Waals surface area contributed by atoms with Crippen LogP contribution >= 0.6 is 27.3 Å². The van der Waals surface area contributed by atoms with E-state index in [1.165, 1.54) is 11.3 Å². The number of carbonyl (C=O) groups excluding carboxylic acids is 1. The Labute approximate surface area is 129 Å². The van der Waals surface area contributed by atoms with Gasteiger partial charge in [0.05, 0.1) is 19.4 Å². The number of aromatic nitrogens is 1. The van der Waals surface area contributed by atoms with E-state index >= 15 is 0 Å². The van der Waals surface area contributed by atoms with E-state index in [1.54, 1.807) is 19.4 Å². The number of thiazole rings is 1. The summed E-state index contributed by atoms with van der Waals surface area (Å²) in [5, 5.41) is 5.39. The van der Waals surface area contributed by atoms with Crippen molar-refractivity contribution in [3.05, 3.63) is 33.7 Å². The summed E-state index contributed by atoms with van der Waals surface area (Å²) in [6.45, 7) is 2.09. The molecule has 0 spiro atoms. The van der Waals surface area contributed by atoms with Crippen LogP contribution in [0.1, 0.15) is 17.4 Å². The molecule has 0 fully saturated rings. The third kappa shape index (κ3) is 3.49. The van der Waals surface area contributed by atoms with E-state index < -0.39 is 5.97 Å². The SMILES string of the molecule is CCOC(=O)c1csc(Nc2cc(Br)ccc2OC)n1. The number of methoxy groups -OCH3 is 1. The first kappa shape index (κ1) is 14.8. The van der Waals surface area contributed by atoms with Crippen molar-refractivity contribution in [2.75, 3.05) is 19.0 Å². The molecule has 2 aromatic rings. The van der Waals surface area contributed by atoms with Crippen molar-refractivity contribution in [2.24, 2.45) is 0 Å². The Bertz CT molecular complexity index is 615. The number of anilines is 2. The summed E-state index contributed by atoms with van der Waals surface area (Å²) in [4.78, 5) is 15.7. The third-order valence-corrected chi connectivity index (χ3v) is 3.64. The van der Waals surface area contributed by atoms with Crippen LogP contribution in [0.25, 0.3) is 0 Å². The molecule has 1 aromatic carbocycles. The van der Waals surface area contributed by atoms with Crippen molar-refractivity contribution in [3.63, 3.8) is 0 Å². The molecule has 1 heterocycles. The van der Waals surface area contributed by atoms with E-state index in [1.807, 2.05) is 18.2 Å². The molecule has 0 aliphatic heterocycles. The van der Waals surface area contributed by atoms with Gasteiger partial charge in [0.1, 0.15) is 5.75 Å². The molecule has 1 aromatic heterocycles. The largest absolute Gasteiger partial charge is 0.495 e. The van der Waals surface area contributed by atoms with Crippen molar-refractivity contribution >= 4 is 44.1 Å². The number of ether oxygens (including phenoxy) is 2. The number of halogens is 1. The van der Waals surface area contributed by atoms with Gasteiger partial charge >= 0.3 is 5.97 Å². The van der Waals surface area contributed by atoms with Gasteiger partial charge in [-0.1, -0.05) is 15.9 Å². The molecule has 0 saturated carbocycles. The number of carbonyl (C=O) groups is 1. The molecule has 0 bridgehead atoms. The predicted molar refractivity (Wildman–Crippen MR) is 82.0 cm³/mol. The fourth-order valence-corrected chi connectivity index (χ4v) is 2.58. The predicted octanol–water partition coefficient (Wildman–Crippen LogP) is 3.83. The quantitative estimate of drug-likeness (QED) is 0.824. The Morgan fingerprint density at radius 2 is 2.30 bits per heavy atom. The average molecular weight is 357 g/mol. The van der Waals surface area contributed by atoms with Crippen molar-refractivity contribution in [1.29, 1.82) is 0 Å². The second-order valence-electron chi connectivity index (χ2n) is 3.73. The smallest absolute Gasteiger partial charge is 0.357 e. The molecule has 7 heteroatoms. The summed E-state index contributed by atoms with van der Waals surface area (Å²) in [5.74, 6) is 0.277.